The topological polar surface area (TPSA) is 61.7 Å². The summed E-state index contributed by atoms with van der Waals surface area (Å²) >= 11 is 0. The molecular weight excluding hydrogens is 348 g/mol. The maximum Gasteiger partial charge on any atom is 0.271 e. The predicted octanol–water partition coefficient (Wildman–Crippen LogP) is 4.98. The Hall–Kier alpha value is -3.92. The van der Waals surface area contributed by atoms with Gasteiger partial charge in [0.2, 0.25) is 0 Å². The first-order chi connectivity index (χ1) is 13.7. The highest BCUT2D eigenvalue weighted by atomic mass is 16.3. The number of aromatic hydroxyl groups is 1. The molecule has 136 valence electrons. The van der Waals surface area contributed by atoms with Gasteiger partial charge in [-0.05, 0) is 40.1 Å². The minimum Gasteiger partial charge on any atom is -0.507 e. The van der Waals surface area contributed by atoms with Crippen molar-refractivity contribution in [2.75, 3.05) is 0 Å². The fraction of sp³-hybridized carbons (Fsp3) is 0. The van der Waals surface area contributed by atoms with E-state index < -0.39 is 0 Å². The van der Waals surface area contributed by atoms with Crippen molar-refractivity contribution in [1.29, 1.82) is 0 Å². The summed E-state index contributed by atoms with van der Waals surface area (Å²) in [6, 6.07) is 28.5. The zero-order chi connectivity index (χ0) is 19.3. The standard InChI is InChI=1S/C24H18N2O2/c27-23-15-14-19-8-4-5-9-21(19)22(23)16-25-26-24(28)20-12-10-18(11-13-20)17-6-2-1-3-7-17/h1-16,27H,(H,26,28)/b25-16-. The zero-order valence-corrected chi connectivity index (χ0v) is 15.0. The fourth-order valence-corrected chi connectivity index (χ4v) is 3.08. The lowest BCUT2D eigenvalue weighted by molar-refractivity contribution is 0.0955. The molecule has 0 aliphatic rings. The molecule has 0 bridgehead atoms. The number of phenolic OH excluding ortho intramolecular Hbond substituents is 1. The Morgan fingerprint density at radius 1 is 0.786 bits per heavy atom. The average molecular weight is 366 g/mol. The van der Waals surface area contributed by atoms with E-state index >= 15 is 0 Å². The molecule has 0 aliphatic heterocycles. The van der Waals surface area contributed by atoms with Crippen LogP contribution >= 0.6 is 0 Å². The summed E-state index contributed by atoms with van der Waals surface area (Å²) in [6.45, 7) is 0. The van der Waals surface area contributed by atoms with E-state index in [0.29, 0.717) is 11.1 Å². The highest BCUT2D eigenvalue weighted by molar-refractivity contribution is 6.03. The van der Waals surface area contributed by atoms with Crippen molar-refractivity contribution < 1.29 is 9.90 Å². The number of rotatable bonds is 4. The van der Waals surface area contributed by atoms with E-state index in [0.717, 1.165) is 21.9 Å². The van der Waals surface area contributed by atoms with Crippen LogP contribution in [0, 0.1) is 0 Å². The van der Waals surface area contributed by atoms with Gasteiger partial charge in [-0.1, -0.05) is 72.8 Å². The number of nitrogens with one attached hydrogen (secondary N) is 1. The first kappa shape index (κ1) is 17.5. The van der Waals surface area contributed by atoms with Crippen LogP contribution in [0.15, 0.2) is 96.1 Å². The van der Waals surface area contributed by atoms with Crippen LogP contribution in [-0.4, -0.2) is 17.2 Å². The van der Waals surface area contributed by atoms with Gasteiger partial charge in [0.05, 0.1) is 6.21 Å². The molecule has 0 radical (unpaired) electrons. The van der Waals surface area contributed by atoms with Crippen LogP contribution in [0.4, 0.5) is 0 Å². The highest BCUT2D eigenvalue weighted by Gasteiger charge is 2.07. The molecule has 28 heavy (non-hydrogen) atoms. The number of phenols is 1. The number of hydrogen-bond acceptors (Lipinski definition) is 3. The molecule has 4 heteroatoms. The minimum atomic E-state index is -0.310. The average Bonchev–Trinajstić information content (AvgIpc) is 2.76. The second-order valence-corrected chi connectivity index (χ2v) is 6.36. The molecule has 4 aromatic rings. The number of hydrazone groups is 1. The van der Waals surface area contributed by atoms with Gasteiger partial charge in [-0.3, -0.25) is 4.79 Å². The highest BCUT2D eigenvalue weighted by Crippen LogP contribution is 2.25. The Bertz CT molecular complexity index is 1150. The summed E-state index contributed by atoms with van der Waals surface area (Å²) in [6.07, 6.45) is 1.47. The number of amides is 1. The van der Waals surface area contributed by atoms with Gasteiger partial charge in [-0.2, -0.15) is 5.10 Å². The summed E-state index contributed by atoms with van der Waals surface area (Å²) in [5.41, 5.74) is 5.74. The summed E-state index contributed by atoms with van der Waals surface area (Å²) < 4.78 is 0. The van der Waals surface area contributed by atoms with Gasteiger partial charge in [0, 0.05) is 11.1 Å². The second-order valence-electron chi connectivity index (χ2n) is 6.36. The van der Waals surface area contributed by atoms with Crippen molar-refractivity contribution in [2.45, 2.75) is 0 Å². The summed E-state index contributed by atoms with van der Waals surface area (Å²) in [7, 11) is 0. The Kier molecular flexibility index (Phi) is 4.85. The van der Waals surface area contributed by atoms with Gasteiger partial charge in [0.1, 0.15) is 5.75 Å². The lowest BCUT2D eigenvalue weighted by Gasteiger charge is -2.05. The van der Waals surface area contributed by atoms with Gasteiger partial charge in [-0.25, -0.2) is 5.43 Å². The lowest BCUT2D eigenvalue weighted by atomic mass is 10.0. The molecule has 2 N–H and O–H groups in total. The van der Waals surface area contributed by atoms with Gasteiger partial charge in [-0.15, -0.1) is 0 Å². The Balaban J connectivity index is 1.50. The maximum atomic E-state index is 12.3. The van der Waals surface area contributed by atoms with Crippen molar-refractivity contribution in [2.24, 2.45) is 5.10 Å². The quantitative estimate of drug-likeness (QED) is 0.395. The van der Waals surface area contributed by atoms with Crippen LogP contribution in [-0.2, 0) is 0 Å². The summed E-state index contributed by atoms with van der Waals surface area (Å²) in [5, 5.41) is 16.0. The molecule has 1 amide bonds. The molecule has 0 atom stereocenters. The molecular formula is C24H18N2O2. The van der Waals surface area contributed by atoms with E-state index in [1.54, 1.807) is 18.2 Å². The Labute approximate surface area is 162 Å². The molecule has 4 aromatic carbocycles. The van der Waals surface area contributed by atoms with Crippen LogP contribution in [0.1, 0.15) is 15.9 Å². The second kappa shape index (κ2) is 7.76. The maximum absolute atomic E-state index is 12.3. The van der Waals surface area contributed by atoms with E-state index in [1.807, 2.05) is 72.8 Å². The molecule has 4 nitrogen and oxygen atoms in total. The Morgan fingerprint density at radius 3 is 2.25 bits per heavy atom. The largest absolute Gasteiger partial charge is 0.507 e. The molecule has 4 rings (SSSR count). The smallest absolute Gasteiger partial charge is 0.271 e. The number of hydrogen-bond donors (Lipinski definition) is 2. The van der Waals surface area contributed by atoms with Crippen molar-refractivity contribution >= 4 is 22.9 Å². The molecule has 0 unspecified atom stereocenters. The van der Waals surface area contributed by atoms with Gasteiger partial charge in [0.15, 0.2) is 0 Å². The van der Waals surface area contributed by atoms with Crippen LogP contribution in [0.2, 0.25) is 0 Å². The third kappa shape index (κ3) is 3.62. The van der Waals surface area contributed by atoms with Crippen molar-refractivity contribution in [3.8, 4) is 16.9 Å². The zero-order valence-electron chi connectivity index (χ0n) is 15.0. The van der Waals surface area contributed by atoms with E-state index in [-0.39, 0.29) is 11.7 Å². The predicted molar refractivity (Wildman–Crippen MR) is 113 cm³/mol. The van der Waals surface area contributed by atoms with Crippen LogP contribution in [0.3, 0.4) is 0 Å². The first-order valence-corrected chi connectivity index (χ1v) is 8.92. The molecule has 0 aromatic heterocycles. The van der Waals surface area contributed by atoms with E-state index in [1.165, 1.54) is 6.21 Å². The normalized spacial score (nSPS) is 11.0. The monoisotopic (exact) mass is 366 g/mol. The molecule has 0 heterocycles. The first-order valence-electron chi connectivity index (χ1n) is 8.92. The van der Waals surface area contributed by atoms with Gasteiger partial charge >= 0.3 is 0 Å². The number of nitrogens with zero attached hydrogens (tertiary/aromatic N) is 1. The summed E-state index contributed by atoms with van der Waals surface area (Å²) in [5.74, 6) is -0.195. The molecule has 0 saturated heterocycles. The van der Waals surface area contributed by atoms with Crippen LogP contribution in [0.25, 0.3) is 21.9 Å². The molecule has 0 aliphatic carbocycles. The Morgan fingerprint density at radius 2 is 1.46 bits per heavy atom. The lowest BCUT2D eigenvalue weighted by Crippen LogP contribution is -2.17. The van der Waals surface area contributed by atoms with Gasteiger partial charge in [0.25, 0.3) is 5.91 Å². The van der Waals surface area contributed by atoms with Crippen LogP contribution < -0.4 is 5.43 Å². The van der Waals surface area contributed by atoms with E-state index in [4.69, 9.17) is 0 Å². The SMILES string of the molecule is O=C(N/N=C\c1c(O)ccc2ccccc12)c1ccc(-c2ccccc2)cc1. The van der Waals surface area contributed by atoms with Crippen molar-refractivity contribution in [3.63, 3.8) is 0 Å². The van der Waals surface area contributed by atoms with Crippen molar-refractivity contribution in [1.82, 2.24) is 5.43 Å². The molecule has 0 spiro atoms. The van der Waals surface area contributed by atoms with E-state index in [9.17, 15) is 9.90 Å². The fourth-order valence-electron chi connectivity index (χ4n) is 3.08. The van der Waals surface area contributed by atoms with Crippen molar-refractivity contribution in [3.05, 3.63) is 102 Å². The molecule has 0 fully saturated rings. The third-order valence-corrected chi connectivity index (χ3v) is 4.56. The number of benzene rings is 4. The number of carbonyl (C=O) groups is 1. The number of fused-ring (bicyclic) bond motifs is 1. The van der Waals surface area contributed by atoms with Gasteiger partial charge < -0.3 is 5.11 Å². The van der Waals surface area contributed by atoms with Crippen LogP contribution in [0.5, 0.6) is 5.75 Å². The third-order valence-electron chi connectivity index (χ3n) is 4.56. The van der Waals surface area contributed by atoms with E-state index in [2.05, 4.69) is 10.5 Å². The minimum absolute atomic E-state index is 0.115. The molecule has 0 saturated carbocycles. The number of carbonyl (C=O) groups excluding carboxylic acids is 1. The summed E-state index contributed by atoms with van der Waals surface area (Å²) in [4.78, 5) is 12.3.